The molecule has 120 valence electrons. The van der Waals surface area contributed by atoms with Gasteiger partial charge in [0.05, 0.1) is 18.3 Å². The van der Waals surface area contributed by atoms with Crippen molar-refractivity contribution in [2.75, 3.05) is 19.0 Å². The van der Waals surface area contributed by atoms with E-state index in [-0.39, 0.29) is 0 Å². The fourth-order valence-corrected chi connectivity index (χ4v) is 2.81. The van der Waals surface area contributed by atoms with Crippen LogP contribution in [0.4, 0.5) is 5.69 Å². The number of aryl methyl sites for hydroxylation is 1. The summed E-state index contributed by atoms with van der Waals surface area (Å²) in [5.41, 5.74) is 8.93. The minimum atomic E-state index is 0.422. The normalized spacial score (nSPS) is 12.4. The van der Waals surface area contributed by atoms with Gasteiger partial charge in [-0.3, -0.25) is 4.98 Å². The zero-order valence-corrected chi connectivity index (χ0v) is 13.9. The number of aromatic nitrogens is 1. The number of hydrogen-bond acceptors (Lipinski definition) is 4. The second-order valence-corrected chi connectivity index (χ2v) is 5.76. The molecule has 0 spiro atoms. The van der Waals surface area contributed by atoms with Gasteiger partial charge in [0.25, 0.3) is 0 Å². The van der Waals surface area contributed by atoms with Crippen molar-refractivity contribution < 1.29 is 4.74 Å². The highest BCUT2D eigenvalue weighted by Crippen LogP contribution is 2.30. The lowest BCUT2D eigenvalue weighted by molar-refractivity contribution is 0.415. The van der Waals surface area contributed by atoms with Crippen LogP contribution in [0.15, 0.2) is 24.4 Å². The summed E-state index contributed by atoms with van der Waals surface area (Å²) in [5, 5.41) is 4.80. The summed E-state index contributed by atoms with van der Waals surface area (Å²) >= 11 is 0. The smallest absolute Gasteiger partial charge is 0.121 e. The summed E-state index contributed by atoms with van der Waals surface area (Å²) in [6.45, 7) is 5.05. The number of methoxy groups -OCH3 is 1. The number of nitrogens with zero attached hydrogens (tertiary/aromatic N) is 1. The molecule has 22 heavy (non-hydrogen) atoms. The predicted octanol–water partition coefficient (Wildman–Crippen LogP) is 3.87. The Balaban J connectivity index is 2.37. The molecule has 0 aliphatic rings. The van der Waals surface area contributed by atoms with E-state index in [1.165, 1.54) is 5.56 Å². The van der Waals surface area contributed by atoms with E-state index in [0.29, 0.717) is 6.04 Å². The van der Waals surface area contributed by atoms with Gasteiger partial charge in [0.2, 0.25) is 0 Å². The molecule has 0 bridgehead atoms. The van der Waals surface area contributed by atoms with E-state index in [2.05, 4.69) is 30.2 Å². The first kappa shape index (κ1) is 16.6. The third kappa shape index (κ3) is 3.89. The standard InChI is InChI=1S/C18H27N3O/c1-4-6-14(7-5-9-19)21-17-12-15(22-3)11-16-13(2)8-10-20-18(16)17/h8,10-12,14,21H,4-7,9,19H2,1-3H3/t14-/m1/s1. The van der Waals surface area contributed by atoms with Crippen molar-refractivity contribution in [2.24, 2.45) is 5.73 Å². The lowest BCUT2D eigenvalue weighted by Gasteiger charge is -2.21. The first-order valence-corrected chi connectivity index (χ1v) is 8.09. The molecule has 1 aromatic heterocycles. The summed E-state index contributed by atoms with van der Waals surface area (Å²) in [5.74, 6) is 0.861. The van der Waals surface area contributed by atoms with Crippen LogP contribution in [-0.2, 0) is 0 Å². The molecule has 0 saturated carbocycles. The fraction of sp³-hybridized carbons (Fsp3) is 0.500. The molecule has 3 N–H and O–H groups in total. The molecular formula is C18H27N3O. The van der Waals surface area contributed by atoms with Crippen LogP contribution in [0.1, 0.15) is 38.2 Å². The average molecular weight is 301 g/mol. The fourth-order valence-electron chi connectivity index (χ4n) is 2.81. The third-order valence-electron chi connectivity index (χ3n) is 4.03. The Hall–Kier alpha value is -1.81. The van der Waals surface area contributed by atoms with Crippen molar-refractivity contribution in [2.45, 2.75) is 45.6 Å². The predicted molar refractivity (Wildman–Crippen MR) is 93.6 cm³/mol. The number of nitrogens with one attached hydrogen (secondary N) is 1. The summed E-state index contributed by atoms with van der Waals surface area (Å²) in [7, 11) is 1.70. The summed E-state index contributed by atoms with van der Waals surface area (Å²) < 4.78 is 5.45. The van der Waals surface area contributed by atoms with Crippen LogP contribution < -0.4 is 15.8 Å². The van der Waals surface area contributed by atoms with Crippen molar-refractivity contribution in [3.05, 3.63) is 30.0 Å². The van der Waals surface area contributed by atoms with Crippen LogP contribution in [0.25, 0.3) is 10.9 Å². The van der Waals surface area contributed by atoms with Crippen molar-refractivity contribution in [1.82, 2.24) is 4.98 Å². The summed E-state index contributed by atoms with van der Waals surface area (Å²) in [6.07, 6.45) is 6.26. The summed E-state index contributed by atoms with van der Waals surface area (Å²) in [4.78, 5) is 4.57. The monoisotopic (exact) mass is 301 g/mol. The molecule has 0 aliphatic carbocycles. The maximum absolute atomic E-state index is 5.66. The Morgan fingerprint density at radius 3 is 2.82 bits per heavy atom. The zero-order chi connectivity index (χ0) is 15.9. The van der Waals surface area contributed by atoms with Crippen LogP contribution >= 0.6 is 0 Å². The highest BCUT2D eigenvalue weighted by Gasteiger charge is 2.12. The van der Waals surface area contributed by atoms with Gasteiger partial charge in [-0.15, -0.1) is 0 Å². The number of pyridine rings is 1. The minimum absolute atomic E-state index is 0.422. The van der Waals surface area contributed by atoms with Gasteiger partial charge in [0, 0.05) is 23.7 Å². The molecule has 0 amide bonds. The van der Waals surface area contributed by atoms with Crippen LogP contribution in [0.5, 0.6) is 5.75 Å². The lowest BCUT2D eigenvalue weighted by atomic mass is 10.0. The van der Waals surface area contributed by atoms with Gasteiger partial charge in [0.1, 0.15) is 5.75 Å². The number of rotatable bonds is 8. The average Bonchev–Trinajstić information content (AvgIpc) is 2.53. The van der Waals surface area contributed by atoms with Gasteiger partial charge >= 0.3 is 0 Å². The maximum atomic E-state index is 5.66. The van der Waals surface area contributed by atoms with Crippen molar-refractivity contribution in [1.29, 1.82) is 0 Å². The summed E-state index contributed by atoms with van der Waals surface area (Å²) in [6, 6.07) is 6.55. The molecule has 2 rings (SSSR count). The van der Waals surface area contributed by atoms with E-state index >= 15 is 0 Å². The van der Waals surface area contributed by atoms with Crippen LogP contribution in [0.3, 0.4) is 0 Å². The molecular weight excluding hydrogens is 274 g/mol. The van der Waals surface area contributed by atoms with E-state index in [9.17, 15) is 0 Å². The number of anilines is 1. The quantitative estimate of drug-likeness (QED) is 0.777. The molecule has 0 aliphatic heterocycles. The van der Waals surface area contributed by atoms with Crippen LogP contribution in [0, 0.1) is 6.92 Å². The molecule has 4 heteroatoms. The second kappa shape index (κ2) is 7.99. The number of benzene rings is 1. The van der Waals surface area contributed by atoms with Gasteiger partial charge < -0.3 is 15.8 Å². The van der Waals surface area contributed by atoms with Gasteiger partial charge in [-0.1, -0.05) is 13.3 Å². The van der Waals surface area contributed by atoms with Crippen molar-refractivity contribution in [3.63, 3.8) is 0 Å². The van der Waals surface area contributed by atoms with Crippen molar-refractivity contribution in [3.8, 4) is 5.75 Å². The molecule has 1 aromatic carbocycles. The van der Waals surface area contributed by atoms with Gasteiger partial charge in [-0.2, -0.15) is 0 Å². The Kier molecular flexibility index (Phi) is 6.01. The topological polar surface area (TPSA) is 60.2 Å². The maximum Gasteiger partial charge on any atom is 0.121 e. The molecule has 2 aromatic rings. The third-order valence-corrected chi connectivity index (χ3v) is 4.03. The highest BCUT2D eigenvalue weighted by molar-refractivity contribution is 5.94. The Bertz CT molecular complexity index is 613. The minimum Gasteiger partial charge on any atom is -0.497 e. The molecule has 0 unspecified atom stereocenters. The number of nitrogens with two attached hydrogens (primary N) is 1. The van der Waals surface area contributed by atoms with Gasteiger partial charge in [0.15, 0.2) is 0 Å². The zero-order valence-electron chi connectivity index (χ0n) is 13.9. The molecule has 1 heterocycles. The van der Waals surface area contributed by atoms with Crippen molar-refractivity contribution >= 4 is 16.6 Å². The molecule has 1 atom stereocenters. The highest BCUT2D eigenvalue weighted by atomic mass is 16.5. The molecule has 0 radical (unpaired) electrons. The van der Waals surface area contributed by atoms with Crippen LogP contribution in [-0.4, -0.2) is 24.7 Å². The number of ether oxygens (including phenoxy) is 1. The van der Waals surface area contributed by atoms with Gasteiger partial charge in [-0.25, -0.2) is 0 Å². The second-order valence-electron chi connectivity index (χ2n) is 5.76. The van der Waals surface area contributed by atoms with E-state index < -0.39 is 0 Å². The Morgan fingerprint density at radius 2 is 2.14 bits per heavy atom. The van der Waals surface area contributed by atoms with E-state index in [0.717, 1.165) is 54.6 Å². The lowest BCUT2D eigenvalue weighted by Crippen LogP contribution is -2.21. The largest absolute Gasteiger partial charge is 0.497 e. The van der Waals surface area contributed by atoms with Gasteiger partial charge in [-0.05, 0) is 50.4 Å². The first-order valence-electron chi connectivity index (χ1n) is 8.09. The number of hydrogen-bond donors (Lipinski definition) is 2. The van der Waals surface area contributed by atoms with E-state index in [4.69, 9.17) is 10.5 Å². The molecule has 0 fully saturated rings. The number of fused-ring (bicyclic) bond motifs is 1. The van der Waals surface area contributed by atoms with E-state index in [1.807, 2.05) is 18.3 Å². The molecule has 0 saturated heterocycles. The van der Waals surface area contributed by atoms with E-state index in [1.54, 1.807) is 7.11 Å². The molecule has 4 nitrogen and oxygen atoms in total. The van der Waals surface area contributed by atoms with Crippen LogP contribution in [0.2, 0.25) is 0 Å². The SMILES string of the molecule is CCC[C@H](CCCN)Nc1cc(OC)cc2c(C)ccnc12. The Morgan fingerprint density at radius 1 is 1.32 bits per heavy atom. The first-order chi connectivity index (χ1) is 10.7. The Labute approximate surface area is 133 Å².